The Labute approximate surface area is 200 Å². The summed E-state index contributed by atoms with van der Waals surface area (Å²) in [6, 6.07) is 22.1. The number of halogens is 1. The summed E-state index contributed by atoms with van der Waals surface area (Å²) >= 11 is 8.18. The fourth-order valence-electron chi connectivity index (χ4n) is 4.74. The largest absolute Gasteiger partial charge is 0.328 e. The molecule has 4 aromatic rings. The molecule has 2 aliphatic rings. The number of ketones is 1. The van der Waals surface area contributed by atoms with Gasteiger partial charge in [-0.25, -0.2) is 4.68 Å². The van der Waals surface area contributed by atoms with Crippen molar-refractivity contribution in [3.05, 3.63) is 94.1 Å². The molecule has 7 heteroatoms. The zero-order chi connectivity index (χ0) is 22.4. The molecule has 0 spiro atoms. The highest BCUT2D eigenvalue weighted by Gasteiger charge is 2.37. The van der Waals surface area contributed by atoms with Gasteiger partial charge >= 0.3 is 0 Å². The molecular weight excluding hydrogens is 452 g/mol. The van der Waals surface area contributed by atoms with E-state index in [4.69, 9.17) is 21.7 Å². The van der Waals surface area contributed by atoms with E-state index in [1.807, 2.05) is 28.9 Å². The molecule has 1 aromatic heterocycles. The predicted molar refractivity (Wildman–Crippen MR) is 133 cm³/mol. The van der Waals surface area contributed by atoms with Crippen LogP contribution < -0.4 is 5.32 Å². The first-order valence-electron chi connectivity index (χ1n) is 11.0. The van der Waals surface area contributed by atoms with E-state index in [1.165, 1.54) is 16.3 Å². The average Bonchev–Trinajstić information content (AvgIpc) is 3.25. The Kier molecular flexibility index (Phi) is 5.19. The number of thioether (sulfide) groups is 1. The van der Waals surface area contributed by atoms with Gasteiger partial charge in [0.1, 0.15) is 6.04 Å². The van der Waals surface area contributed by atoms with E-state index in [2.05, 4.69) is 47.8 Å². The van der Waals surface area contributed by atoms with Crippen LogP contribution in [-0.2, 0) is 10.5 Å². The summed E-state index contributed by atoms with van der Waals surface area (Å²) in [7, 11) is 0. The molecule has 0 amide bonds. The lowest BCUT2D eigenvalue weighted by Gasteiger charge is -2.32. The van der Waals surface area contributed by atoms with Crippen LogP contribution in [0.25, 0.3) is 10.8 Å². The lowest BCUT2D eigenvalue weighted by molar-refractivity contribution is -0.116. The van der Waals surface area contributed by atoms with Crippen LogP contribution in [0.4, 0.5) is 5.95 Å². The lowest BCUT2D eigenvalue weighted by atomic mass is 9.85. The number of rotatable bonds is 4. The van der Waals surface area contributed by atoms with Gasteiger partial charge in [-0.3, -0.25) is 4.79 Å². The summed E-state index contributed by atoms with van der Waals surface area (Å²) in [5.41, 5.74) is 3.83. The highest BCUT2D eigenvalue weighted by atomic mass is 35.5. The second-order valence-electron chi connectivity index (χ2n) is 8.31. The van der Waals surface area contributed by atoms with Crippen molar-refractivity contribution in [1.82, 2.24) is 14.8 Å². The Morgan fingerprint density at radius 3 is 2.76 bits per heavy atom. The van der Waals surface area contributed by atoms with E-state index in [-0.39, 0.29) is 11.8 Å². The summed E-state index contributed by atoms with van der Waals surface area (Å²) in [6.07, 6.45) is 2.22. The predicted octanol–water partition coefficient (Wildman–Crippen LogP) is 6.40. The van der Waals surface area contributed by atoms with Gasteiger partial charge in [0.05, 0.1) is 0 Å². The molecule has 1 aliphatic heterocycles. The Hall–Kier alpha value is -3.09. The number of aromatic nitrogens is 3. The number of anilines is 1. The van der Waals surface area contributed by atoms with Crippen LogP contribution >= 0.6 is 23.4 Å². The van der Waals surface area contributed by atoms with E-state index in [0.29, 0.717) is 22.5 Å². The molecule has 33 heavy (non-hydrogen) atoms. The van der Waals surface area contributed by atoms with Crippen LogP contribution in [0.3, 0.4) is 0 Å². The minimum absolute atomic E-state index is 0.153. The van der Waals surface area contributed by atoms with Crippen molar-refractivity contribution in [2.75, 3.05) is 5.32 Å². The van der Waals surface area contributed by atoms with Crippen LogP contribution in [0, 0.1) is 0 Å². The van der Waals surface area contributed by atoms with E-state index in [9.17, 15) is 4.79 Å². The third-order valence-corrected chi connectivity index (χ3v) is 7.52. The Morgan fingerprint density at radius 1 is 1.03 bits per heavy atom. The van der Waals surface area contributed by atoms with Crippen molar-refractivity contribution >= 4 is 45.9 Å². The van der Waals surface area contributed by atoms with Crippen LogP contribution in [0.1, 0.15) is 36.4 Å². The lowest BCUT2D eigenvalue weighted by Crippen LogP contribution is -2.31. The van der Waals surface area contributed by atoms with Crippen molar-refractivity contribution < 1.29 is 4.79 Å². The molecule has 2 heterocycles. The summed E-state index contributed by atoms with van der Waals surface area (Å²) in [5.74, 6) is 1.57. The minimum Gasteiger partial charge on any atom is -0.328 e. The molecular formula is C26H21ClN4OS. The summed E-state index contributed by atoms with van der Waals surface area (Å²) in [5, 5.41) is 12.0. The maximum Gasteiger partial charge on any atom is 0.227 e. The first kappa shape index (κ1) is 20.5. The fraction of sp³-hybridized carbons (Fsp3) is 0.192. The van der Waals surface area contributed by atoms with Gasteiger partial charge < -0.3 is 5.32 Å². The number of hydrogen-bond acceptors (Lipinski definition) is 5. The number of nitrogens with one attached hydrogen (secondary N) is 1. The number of benzene rings is 3. The van der Waals surface area contributed by atoms with Crippen LogP contribution in [-0.4, -0.2) is 20.5 Å². The molecule has 0 saturated carbocycles. The summed E-state index contributed by atoms with van der Waals surface area (Å²) < 4.78 is 1.83. The molecule has 5 nitrogen and oxygen atoms in total. The van der Waals surface area contributed by atoms with Gasteiger partial charge in [-0.2, -0.15) is 4.98 Å². The number of carbonyl (C=O) groups is 1. The first-order valence-corrected chi connectivity index (χ1v) is 12.4. The van der Waals surface area contributed by atoms with Gasteiger partial charge in [0, 0.05) is 34.0 Å². The molecule has 1 unspecified atom stereocenters. The Morgan fingerprint density at radius 2 is 1.85 bits per heavy atom. The molecule has 0 fully saturated rings. The molecule has 3 aromatic carbocycles. The van der Waals surface area contributed by atoms with Crippen molar-refractivity contribution in [3.8, 4) is 0 Å². The van der Waals surface area contributed by atoms with Crippen LogP contribution in [0.2, 0.25) is 5.02 Å². The summed E-state index contributed by atoms with van der Waals surface area (Å²) in [6.45, 7) is 0. The maximum absolute atomic E-state index is 13.0. The van der Waals surface area contributed by atoms with Crippen molar-refractivity contribution in [2.24, 2.45) is 0 Å². The van der Waals surface area contributed by atoms with E-state index in [0.717, 1.165) is 35.4 Å². The molecule has 0 radical (unpaired) electrons. The fourth-order valence-corrected chi connectivity index (χ4v) is 5.81. The molecule has 1 N–H and O–H groups in total. The van der Waals surface area contributed by atoms with E-state index < -0.39 is 0 Å². The van der Waals surface area contributed by atoms with Crippen molar-refractivity contribution in [1.29, 1.82) is 0 Å². The van der Waals surface area contributed by atoms with Crippen molar-refractivity contribution in [3.63, 3.8) is 0 Å². The third kappa shape index (κ3) is 3.63. The molecule has 6 rings (SSSR count). The smallest absolute Gasteiger partial charge is 0.227 e. The highest BCUT2D eigenvalue weighted by Crippen LogP contribution is 2.42. The van der Waals surface area contributed by atoms with Crippen LogP contribution in [0.5, 0.6) is 0 Å². The average molecular weight is 473 g/mol. The number of Topliss-reactive ketones (excluding diaryl/α,β-unsaturated/α-hetero) is 1. The monoisotopic (exact) mass is 472 g/mol. The topological polar surface area (TPSA) is 59.8 Å². The number of hydrogen-bond donors (Lipinski definition) is 1. The van der Waals surface area contributed by atoms with Crippen LogP contribution in [0.15, 0.2) is 83.2 Å². The minimum atomic E-state index is -0.364. The molecule has 164 valence electrons. The number of nitrogens with zero attached hydrogens (tertiary/aromatic N) is 3. The number of fused-ring (bicyclic) bond motifs is 2. The van der Waals surface area contributed by atoms with Gasteiger partial charge in [-0.05, 0) is 35.2 Å². The maximum atomic E-state index is 13.0. The second-order valence-corrected chi connectivity index (χ2v) is 9.66. The van der Waals surface area contributed by atoms with Gasteiger partial charge in [-0.15, -0.1) is 5.10 Å². The molecule has 0 bridgehead atoms. The standard InChI is InChI=1S/C26H21ClN4OS/c27-20-12-4-3-11-19(20)24-23-21(13-6-14-22(23)32)28-25-29-26(30-31(24)25)33-15-17-9-5-8-16-7-1-2-10-18(16)17/h1-5,7-12,24H,6,13-15H2,(H,28,29,30). The molecule has 0 saturated heterocycles. The summed E-state index contributed by atoms with van der Waals surface area (Å²) in [4.78, 5) is 17.8. The SMILES string of the molecule is O=C1CCCC2=C1C(c1ccccc1Cl)n1nc(SCc3cccc4ccccc34)nc1N2. The quantitative estimate of drug-likeness (QED) is 0.348. The number of allylic oxidation sites excluding steroid dienone is 2. The number of carbonyl (C=O) groups excluding carboxylic acids is 1. The third-order valence-electron chi connectivity index (χ3n) is 6.29. The normalized spacial score (nSPS) is 17.6. The Bertz CT molecular complexity index is 1420. The Balaban J connectivity index is 1.37. The second kappa shape index (κ2) is 8.36. The zero-order valence-electron chi connectivity index (χ0n) is 17.8. The first-order chi connectivity index (χ1) is 16.2. The highest BCUT2D eigenvalue weighted by molar-refractivity contribution is 7.98. The van der Waals surface area contributed by atoms with Gasteiger partial charge in [0.25, 0.3) is 0 Å². The van der Waals surface area contributed by atoms with Crippen molar-refractivity contribution in [2.45, 2.75) is 36.2 Å². The molecule has 1 aliphatic carbocycles. The van der Waals surface area contributed by atoms with E-state index in [1.54, 1.807) is 11.8 Å². The van der Waals surface area contributed by atoms with Gasteiger partial charge in [-0.1, -0.05) is 84.0 Å². The van der Waals surface area contributed by atoms with Gasteiger partial charge in [0.15, 0.2) is 5.78 Å². The van der Waals surface area contributed by atoms with E-state index >= 15 is 0 Å². The zero-order valence-corrected chi connectivity index (χ0v) is 19.4. The van der Waals surface area contributed by atoms with Gasteiger partial charge in [0.2, 0.25) is 11.1 Å². The molecule has 1 atom stereocenters.